The van der Waals surface area contributed by atoms with E-state index >= 15 is 0 Å². The SMILES string of the molecule is CC(C)CN(CC(N)=O)C(=O)CCCCCCN. The normalized spacial score (nSPS) is 10.7. The fourth-order valence-corrected chi connectivity index (χ4v) is 1.82. The Morgan fingerprint density at radius 1 is 1.11 bits per heavy atom. The van der Waals surface area contributed by atoms with Gasteiger partial charge in [-0.15, -0.1) is 0 Å². The minimum absolute atomic E-state index is 0.0234. The van der Waals surface area contributed by atoms with Gasteiger partial charge in [0.1, 0.15) is 0 Å². The number of hydrogen-bond donors (Lipinski definition) is 2. The van der Waals surface area contributed by atoms with Gasteiger partial charge in [0.05, 0.1) is 6.54 Å². The molecule has 0 aromatic heterocycles. The zero-order chi connectivity index (χ0) is 14.0. The van der Waals surface area contributed by atoms with Crippen molar-refractivity contribution in [2.75, 3.05) is 19.6 Å². The van der Waals surface area contributed by atoms with E-state index < -0.39 is 5.91 Å². The summed E-state index contributed by atoms with van der Waals surface area (Å²) in [5.74, 6) is -0.0899. The van der Waals surface area contributed by atoms with Crippen molar-refractivity contribution < 1.29 is 9.59 Å². The number of rotatable bonds is 10. The van der Waals surface area contributed by atoms with Crippen LogP contribution in [-0.4, -0.2) is 36.3 Å². The van der Waals surface area contributed by atoms with Crippen molar-refractivity contribution >= 4 is 11.8 Å². The molecule has 0 spiro atoms. The van der Waals surface area contributed by atoms with Crippen LogP contribution >= 0.6 is 0 Å². The van der Waals surface area contributed by atoms with E-state index in [1.54, 1.807) is 4.90 Å². The molecule has 0 saturated carbocycles. The molecular weight excluding hydrogens is 230 g/mol. The fraction of sp³-hybridized carbons (Fsp3) is 0.846. The molecule has 0 aliphatic heterocycles. The van der Waals surface area contributed by atoms with E-state index in [-0.39, 0.29) is 12.5 Å². The molecule has 5 heteroatoms. The second kappa shape index (κ2) is 9.88. The van der Waals surface area contributed by atoms with Crippen LogP contribution in [0.15, 0.2) is 0 Å². The summed E-state index contributed by atoms with van der Waals surface area (Å²) in [5, 5.41) is 0. The molecule has 106 valence electrons. The van der Waals surface area contributed by atoms with Crippen molar-refractivity contribution in [3.8, 4) is 0 Å². The molecule has 0 rings (SSSR count). The second-order valence-corrected chi connectivity index (χ2v) is 5.09. The molecule has 0 saturated heterocycles. The van der Waals surface area contributed by atoms with Crippen molar-refractivity contribution in [3.63, 3.8) is 0 Å². The Hall–Kier alpha value is -1.10. The summed E-state index contributed by atoms with van der Waals surface area (Å²) in [7, 11) is 0. The number of unbranched alkanes of at least 4 members (excludes halogenated alkanes) is 3. The van der Waals surface area contributed by atoms with Gasteiger partial charge in [0.2, 0.25) is 11.8 Å². The molecule has 0 aromatic carbocycles. The van der Waals surface area contributed by atoms with Gasteiger partial charge in [0.25, 0.3) is 0 Å². The molecule has 0 unspecified atom stereocenters. The van der Waals surface area contributed by atoms with Gasteiger partial charge in [-0.05, 0) is 25.3 Å². The van der Waals surface area contributed by atoms with E-state index in [2.05, 4.69) is 0 Å². The smallest absolute Gasteiger partial charge is 0.237 e. The van der Waals surface area contributed by atoms with Crippen molar-refractivity contribution in [2.45, 2.75) is 46.0 Å². The van der Waals surface area contributed by atoms with Gasteiger partial charge < -0.3 is 16.4 Å². The molecule has 0 fully saturated rings. The maximum atomic E-state index is 11.9. The summed E-state index contributed by atoms with van der Waals surface area (Å²) in [6.45, 7) is 5.35. The molecule has 0 heterocycles. The van der Waals surface area contributed by atoms with Gasteiger partial charge in [-0.25, -0.2) is 0 Å². The van der Waals surface area contributed by atoms with Crippen LogP contribution in [0, 0.1) is 5.92 Å². The van der Waals surface area contributed by atoms with E-state index in [1.165, 1.54) is 0 Å². The van der Waals surface area contributed by atoms with Gasteiger partial charge in [-0.2, -0.15) is 0 Å². The lowest BCUT2D eigenvalue weighted by Gasteiger charge is -2.23. The molecule has 0 radical (unpaired) electrons. The van der Waals surface area contributed by atoms with Crippen LogP contribution < -0.4 is 11.5 Å². The van der Waals surface area contributed by atoms with E-state index in [4.69, 9.17) is 11.5 Å². The van der Waals surface area contributed by atoms with Gasteiger partial charge in [0.15, 0.2) is 0 Å². The third-order valence-electron chi connectivity index (χ3n) is 2.63. The first-order valence-electron chi connectivity index (χ1n) is 6.73. The first-order valence-corrected chi connectivity index (χ1v) is 6.73. The summed E-state index contributed by atoms with van der Waals surface area (Å²) in [6.07, 6.45) is 4.42. The number of nitrogens with zero attached hydrogens (tertiary/aromatic N) is 1. The number of carbonyl (C=O) groups excluding carboxylic acids is 2. The predicted molar refractivity (Wildman–Crippen MR) is 72.8 cm³/mol. The van der Waals surface area contributed by atoms with E-state index in [1.807, 2.05) is 13.8 Å². The van der Waals surface area contributed by atoms with Crippen LogP contribution in [0.5, 0.6) is 0 Å². The highest BCUT2D eigenvalue weighted by Gasteiger charge is 2.16. The Bertz CT molecular complexity index is 255. The molecule has 0 aromatic rings. The third-order valence-corrected chi connectivity index (χ3v) is 2.63. The van der Waals surface area contributed by atoms with E-state index in [9.17, 15) is 9.59 Å². The maximum Gasteiger partial charge on any atom is 0.237 e. The lowest BCUT2D eigenvalue weighted by Crippen LogP contribution is -2.40. The zero-order valence-electron chi connectivity index (χ0n) is 11.7. The molecule has 0 atom stereocenters. The van der Waals surface area contributed by atoms with Crippen LogP contribution in [0.3, 0.4) is 0 Å². The first-order chi connectivity index (χ1) is 8.47. The highest BCUT2D eigenvalue weighted by atomic mass is 16.2. The highest BCUT2D eigenvalue weighted by molar-refractivity contribution is 5.83. The van der Waals surface area contributed by atoms with Crippen LogP contribution in [0.4, 0.5) is 0 Å². The van der Waals surface area contributed by atoms with Gasteiger partial charge in [-0.1, -0.05) is 26.7 Å². The van der Waals surface area contributed by atoms with Crippen molar-refractivity contribution in [3.05, 3.63) is 0 Å². The topological polar surface area (TPSA) is 89.4 Å². The Labute approximate surface area is 110 Å². The Morgan fingerprint density at radius 2 is 1.72 bits per heavy atom. The van der Waals surface area contributed by atoms with Crippen LogP contribution in [0.25, 0.3) is 0 Å². The van der Waals surface area contributed by atoms with Gasteiger partial charge in [-0.3, -0.25) is 9.59 Å². The van der Waals surface area contributed by atoms with Gasteiger partial charge >= 0.3 is 0 Å². The summed E-state index contributed by atoms with van der Waals surface area (Å²) >= 11 is 0. The lowest BCUT2D eigenvalue weighted by molar-refractivity contribution is -0.135. The lowest BCUT2D eigenvalue weighted by atomic mass is 10.1. The van der Waals surface area contributed by atoms with E-state index in [0.717, 1.165) is 25.7 Å². The van der Waals surface area contributed by atoms with Crippen LogP contribution in [0.1, 0.15) is 46.0 Å². The molecular formula is C13H27N3O2. The number of amides is 2. The number of primary amides is 1. The maximum absolute atomic E-state index is 11.9. The monoisotopic (exact) mass is 257 g/mol. The summed E-state index contributed by atoms with van der Waals surface area (Å²) in [5.41, 5.74) is 10.6. The largest absolute Gasteiger partial charge is 0.368 e. The third kappa shape index (κ3) is 8.98. The fourth-order valence-electron chi connectivity index (χ4n) is 1.82. The molecule has 4 N–H and O–H groups in total. The molecule has 18 heavy (non-hydrogen) atoms. The number of carbonyl (C=O) groups is 2. The predicted octanol–water partition coefficient (Wildman–Crippen LogP) is 0.866. The minimum atomic E-state index is -0.452. The summed E-state index contributed by atoms with van der Waals surface area (Å²) in [4.78, 5) is 24.4. The van der Waals surface area contributed by atoms with Crippen LogP contribution in [0.2, 0.25) is 0 Å². The number of nitrogens with two attached hydrogens (primary N) is 2. The van der Waals surface area contributed by atoms with Crippen LogP contribution in [-0.2, 0) is 9.59 Å². The first kappa shape index (κ1) is 16.9. The number of hydrogen-bond acceptors (Lipinski definition) is 3. The Kier molecular flexibility index (Phi) is 9.28. The molecule has 5 nitrogen and oxygen atoms in total. The Balaban J connectivity index is 4.00. The minimum Gasteiger partial charge on any atom is -0.368 e. The molecule has 0 bridgehead atoms. The average Bonchev–Trinajstić information content (AvgIpc) is 2.26. The van der Waals surface area contributed by atoms with Crippen molar-refractivity contribution in [1.29, 1.82) is 0 Å². The highest BCUT2D eigenvalue weighted by Crippen LogP contribution is 2.07. The van der Waals surface area contributed by atoms with E-state index in [0.29, 0.717) is 25.4 Å². The zero-order valence-corrected chi connectivity index (χ0v) is 11.7. The summed E-state index contributed by atoms with van der Waals surface area (Å²) in [6, 6.07) is 0. The molecule has 0 aliphatic rings. The second-order valence-electron chi connectivity index (χ2n) is 5.09. The quantitative estimate of drug-likeness (QED) is 0.569. The van der Waals surface area contributed by atoms with Gasteiger partial charge in [0, 0.05) is 13.0 Å². The van der Waals surface area contributed by atoms with Crippen molar-refractivity contribution in [1.82, 2.24) is 4.90 Å². The standard InChI is InChI=1S/C13H27N3O2/c1-11(2)9-16(10-12(15)17)13(18)7-5-3-4-6-8-14/h11H,3-10,14H2,1-2H3,(H2,15,17). The molecule has 0 aliphatic carbocycles. The van der Waals surface area contributed by atoms with Crippen molar-refractivity contribution in [2.24, 2.45) is 17.4 Å². The summed E-state index contributed by atoms with van der Waals surface area (Å²) < 4.78 is 0. The Morgan fingerprint density at radius 3 is 2.22 bits per heavy atom. The average molecular weight is 257 g/mol. The molecule has 2 amide bonds.